The maximum Gasteiger partial charge on any atom is 0.233 e. The van der Waals surface area contributed by atoms with Gasteiger partial charge >= 0.3 is 0 Å². The van der Waals surface area contributed by atoms with E-state index in [4.69, 9.17) is 4.74 Å². The van der Waals surface area contributed by atoms with E-state index in [-0.39, 0.29) is 17.2 Å². The molecule has 1 N–H and O–H groups in total. The van der Waals surface area contributed by atoms with Crippen molar-refractivity contribution in [2.75, 3.05) is 27.7 Å². The highest BCUT2D eigenvalue weighted by molar-refractivity contribution is 8.00. The Morgan fingerprint density at radius 1 is 1.24 bits per heavy atom. The first-order chi connectivity index (χ1) is 12.0. The van der Waals surface area contributed by atoms with Crippen molar-refractivity contribution in [2.45, 2.75) is 23.4 Å². The number of thioether (sulfide) groups is 1. The van der Waals surface area contributed by atoms with Gasteiger partial charge < -0.3 is 15.0 Å². The number of benzene rings is 1. The summed E-state index contributed by atoms with van der Waals surface area (Å²) in [6.07, 6.45) is 3.34. The summed E-state index contributed by atoms with van der Waals surface area (Å²) in [6.45, 7) is 2.38. The van der Waals surface area contributed by atoms with E-state index < -0.39 is 0 Å². The zero-order chi connectivity index (χ0) is 18.2. The van der Waals surface area contributed by atoms with Crippen molar-refractivity contribution in [3.8, 4) is 5.75 Å². The number of carbonyl (C=O) groups is 1. The molecule has 25 heavy (non-hydrogen) atoms. The first kappa shape index (κ1) is 19.2. The minimum absolute atomic E-state index is 0.0298. The molecule has 1 amide bonds. The van der Waals surface area contributed by atoms with Crippen molar-refractivity contribution in [3.05, 3.63) is 48.3 Å². The molecular weight excluding hydrogens is 336 g/mol. The molecule has 1 aromatic carbocycles. The molecule has 2 unspecified atom stereocenters. The van der Waals surface area contributed by atoms with Crippen LogP contribution in [0.3, 0.4) is 0 Å². The molecule has 2 atom stereocenters. The van der Waals surface area contributed by atoms with E-state index in [9.17, 15) is 4.79 Å². The van der Waals surface area contributed by atoms with Gasteiger partial charge in [0.25, 0.3) is 0 Å². The van der Waals surface area contributed by atoms with Crippen LogP contribution in [0.25, 0.3) is 0 Å². The normalized spacial score (nSPS) is 13.3. The van der Waals surface area contributed by atoms with Gasteiger partial charge in [-0.15, -0.1) is 0 Å². The van der Waals surface area contributed by atoms with Crippen molar-refractivity contribution >= 4 is 17.7 Å². The quantitative estimate of drug-likeness (QED) is 0.576. The Labute approximate surface area is 153 Å². The molecule has 1 heterocycles. The Morgan fingerprint density at radius 2 is 1.88 bits per heavy atom. The van der Waals surface area contributed by atoms with Crippen LogP contribution < -0.4 is 10.1 Å². The molecule has 0 radical (unpaired) electrons. The number of amides is 1. The zero-order valence-corrected chi connectivity index (χ0v) is 15.8. The van der Waals surface area contributed by atoms with Gasteiger partial charge in [-0.05, 0) is 44.8 Å². The summed E-state index contributed by atoms with van der Waals surface area (Å²) in [4.78, 5) is 22.7. The van der Waals surface area contributed by atoms with E-state index >= 15 is 0 Å². The number of methoxy groups -OCH3 is 1. The maximum atomic E-state index is 12.4. The van der Waals surface area contributed by atoms with Gasteiger partial charge in [-0.1, -0.05) is 23.9 Å². The van der Waals surface area contributed by atoms with Gasteiger partial charge in [0.05, 0.1) is 18.4 Å². The summed E-state index contributed by atoms with van der Waals surface area (Å²) in [5.41, 5.74) is 1.12. The summed E-state index contributed by atoms with van der Waals surface area (Å²) in [6, 6.07) is 9.74. The van der Waals surface area contributed by atoms with E-state index in [0.717, 1.165) is 11.3 Å². The standard InChI is InChI=1S/C18H24N4O2S/c1-13(25-18-19-10-5-11-20-18)17(23)21-12-16(22(2)3)14-6-8-15(24-4)9-7-14/h5-11,13,16H,12H2,1-4H3,(H,21,23). The lowest BCUT2D eigenvalue weighted by Crippen LogP contribution is -2.38. The molecular formula is C18H24N4O2S. The Bertz CT molecular complexity index is 665. The number of nitrogens with zero attached hydrogens (tertiary/aromatic N) is 3. The SMILES string of the molecule is COc1ccc(C(CNC(=O)C(C)Sc2ncccn2)N(C)C)cc1. The molecule has 0 aliphatic carbocycles. The van der Waals surface area contributed by atoms with E-state index in [0.29, 0.717) is 11.7 Å². The Hall–Kier alpha value is -2.12. The van der Waals surface area contributed by atoms with Crippen LogP contribution in [-0.2, 0) is 4.79 Å². The number of likely N-dealkylation sites (N-methyl/N-ethyl adjacent to an activating group) is 1. The van der Waals surface area contributed by atoms with Crippen molar-refractivity contribution in [3.63, 3.8) is 0 Å². The van der Waals surface area contributed by atoms with Crippen molar-refractivity contribution in [1.29, 1.82) is 0 Å². The number of nitrogens with one attached hydrogen (secondary N) is 1. The molecule has 0 spiro atoms. The fourth-order valence-corrected chi connectivity index (χ4v) is 3.07. The lowest BCUT2D eigenvalue weighted by Gasteiger charge is -2.26. The van der Waals surface area contributed by atoms with Gasteiger partial charge in [-0.25, -0.2) is 9.97 Å². The van der Waals surface area contributed by atoms with E-state index in [1.165, 1.54) is 11.8 Å². The number of ether oxygens (including phenoxy) is 1. The molecule has 0 saturated carbocycles. The lowest BCUT2D eigenvalue weighted by molar-refractivity contribution is -0.120. The third kappa shape index (κ3) is 5.72. The van der Waals surface area contributed by atoms with Gasteiger partial charge in [0.2, 0.25) is 5.91 Å². The minimum Gasteiger partial charge on any atom is -0.497 e. The van der Waals surface area contributed by atoms with Crippen molar-refractivity contribution < 1.29 is 9.53 Å². The lowest BCUT2D eigenvalue weighted by atomic mass is 10.1. The van der Waals surface area contributed by atoms with E-state index in [2.05, 4.69) is 20.2 Å². The van der Waals surface area contributed by atoms with E-state index in [1.807, 2.05) is 45.3 Å². The number of hydrogen-bond acceptors (Lipinski definition) is 6. The van der Waals surface area contributed by atoms with Crippen LogP contribution >= 0.6 is 11.8 Å². The molecule has 0 saturated heterocycles. The second kappa shape index (κ2) is 9.39. The molecule has 6 nitrogen and oxygen atoms in total. The average molecular weight is 360 g/mol. The van der Waals surface area contributed by atoms with Gasteiger partial charge in [0, 0.05) is 18.9 Å². The summed E-state index contributed by atoms with van der Waals surface area (Å²) in [5, 5.41) is 3.36. The maximum absolute atomic E-state index is 12.4. The molecule has 0 fully saturated rings. The summed E-state index contributed by atoms with van der Waals surface area (Å²) in [5.74, 6) is 0.788. The fraction of sp³-hybridized carbons (Fsp3) is 0.389. The third-order valence-electron chi connectivity index (χ3n) is 3.79. The van der Waals surface area contributed by atoms with Gasteiger partial charge in [0.15, 0.2) is 5.16 Å². The fourth-order valence-electron chi connectivity index (χ4n) is 2.32. The summed E-state index contributed by atoms with van der Waals surface area (Å²) < 4.78 is 5.20. The zero-order valence-electron chi connectivity index (χ0n) is 15.0. The largest absolute Gasteiger partial charge is 0.497 e. The number of aromatic nitrogens is 2. The minimum atomic E-state index is -0.263. The highest BCUT2D eigenvalue weighted by Gasteiger charge is 2.19. The molecule has 134 valence electrons. The van der Waals surface area contributed by atoms with Gasteiger partial charge in [-0.2, -0.15) is 0 Å². The highest BCUT2D eigenvalue weighted by atomic mass is 32.2. The first-order valence-corrected chi connectivity index (χ1v) is 8.91. The van der Waals surface area contributed by atoms with E-state index in [1.54, 1.807) is 25.6 Å². The second-order valence-electron chi connectivity index (χ2n) is 5.79. The van der Waals surface area contributed by atoms with Crippen LogP contribution in [0.15, 0.2) is 47.9 Å². The Balaban J connectivity index is 1.94. The van der Waals surface area contributed by atoms with Crippen LogP contribution in [-0.4, -0.2) is 53.8 Å². The monoisotopic (exact) mass is 360 g/mol. The molecule has 2 rings (SSSR count). The molecule has 2 aromatic rings. The molecule has 7 heteroatoms. The Morgan fingerprint density at radius 3 is 2.44 bits per heavy atom. The first-order valence-electron chi connectivity index (χ1n) is 8.03. The smallest absolute Gasteiger partial charge is 0.233 e. The molecule has 0 aliphatic heterocycles. The predicted octanol–water partition coefficient (Wildman–Crippen LogP) is 2.38. The highest BCUT2D eigenvalue weighted by Crippen LogP contribution is 2.22. The van der Waals surface area contributed by atoms with Crippen LogP contribution in [0.4, 0.5) is 0 Å². The molecule has 0 aliphatic rings. The van der Waals surface area contributed by atoms with Crippen LogP contribution in [0.2, 0.25) is 0 Å². The number of carbonyl (C=O) groups excluding carboxylic acids is 1. The second-order valence-corrected chi connectivity index (χ2v) is 7.10. The number of rotatable bonds is 8. The van der Waals surface area contributed by atoms with Crippen LogP contribution in [0.1, 0.15) is 18.5 Å². The van der Waals surface area contributed by atoms with Gasteiger partial charge in [-0.3, -0.25) is 4.79 Å². The third-order valence-corrected chi connectivity index (χ3v) is 4.78. The van der Waals surface area contributed by atoms with Crippen LogP contribution in [0, 0.1) is 0 Å². The van der Waals surface area contributed by atoms with Gasteiger partial charge in [0.1, 0.15) is 5.75 Å². The van der Waals surface area contributed by atoms with Crippen molar-refractivity contribution in [2.24, 2.45) is 0 Å². The summed E-state index contributed by atoms with van der Waals surface area (Å²) >= 11 is 1.35. The Kier molecular flexibility index (Phi) is 7.21. The van der Waals surface area contributed by atoms with Crippen molar-refractivity contribution in [1.82, 2.24) is 20.2 Å². The summed E-state index contributed by atoms with van der Waals surface area (Å²) in [7, 11) is 5.64. The predicted molar refractivity (Wildman–Crippen MR) is 99.8 cm³/mol. The average Bonchev–Trinajstić information content (AvgIpc) is 2.62. The van der Waals surface area contributed by atoms with Crippen LogP contribution in [0.5, 0.6) is 5.75 Å². The topological polar surface area (TPSA) is 67.3 Å². The number of hydrogen-bond donors (Lipinski definition) is 1. The molecule has 0 bridgehead atoms. The molecule has 1 aromatic heterocycles.